The van der Waals surface area contributed by atoms with Crippen LogP contribution >= 0.6 is 0 Å². The summed E-state index contributed by atoms with van der Waals surface area (Å²) >= 11 is 0. The van der Waals surface area contributed by atoms with Crippen molar-refractivity contribution in [3.63, 3.8) is 0 Å². The van der Waals surface area contributed by atoms with Gasteiger partial charge >= 0.3 is 5.97 Å². The highest BCUT2D eigenvalue weighted by Crippen LogP contribution is 2.28. The zero-order chi connectivity index (χ0) is 18.7. The molecule has 5 nitrogen and oxygen atoms in total. The van der Waals surface area contributed by atoms with E-state index in [9.17, 15) is 9.59 Å². The van der Waals surface area contributed by atoms with Crippen LogP contribution in [0.4, 0.5) is 0 Å². The Morgan fingerprint density at radius 3 is 2.31 bits per heavy atom. The molecule has 1 fully saturated rings. The van der Waals surface area contributed by atoms with E-state index in [4.69, 9.17) is 9.47 Å². The van der Waals surface area contributed by atoms with E-state index in [0.717, 1.165) is 30.5 Å². The molecule has 3 rings (SSSR count). The average Bonchev–Trinajstić information content (AvgIpc) is 3.12. The molecule has 1 amide bonds. The number of carbonyl (C=O) groups is 2. The number of benzene rings is 2. The smallest absolute Gasteiger partial charge is 0.341 e. The van der Waals surface area contributed by atoms with Gasteiger partial charge in [0.05, 0.1) is 14.2 Å². The molecule has 26 heavy (non-hydrogen) atoms. The molecule has 1 unspecified atom stereocenters. The Balaban J connectivity index is 1.84. The first kappa shape index (κ1) is 18.0. The maximum absolute atomic E-state index is 12.6. The molecule has 0 bridgehead atoms. The molecular formula is C21H23NO4. The van der Waals surface area contributed by atoms with Crippen LogP contribution in [0.25, 0.3) is 11.1 Å². The van der Waals surface area contributed by atoms with Gasteiger partial charge in [-0.1, -0.05) is 18.2 Å². The molecule has 0 spiro atoms. The standard InChI is InChI=1S/C21H23NO4/c1-14-5-4-12-22(14)20(23)16-8-6-15(7-9-16)17-10-11-18(21(24)26-3)19(13-17)25-2/h6-11,13-14H,4-5,12H2,1-3H3. The zero-order valence-electron chi connectivity index (χ0n) is 15.3. The summed E-state index contributed by atoms with van der Waals surface area (Å²) in [5.41, 5.74) is 2.93. The lowest BCUT2D eigenvalue weighted by Crippen LogP contribution is -2.33. The molecule has 1 atom stereocenters. The van der Waals surface area contributed by atoms with Crippen molar-refractivity contribution < 1.29 is 19.1 Å². The zero-order valence-corrected chi connectivity index (χ0v) is 15.3. The molecule has 0 saturated carbocycles. The maximum Gasteiger partial charge on any atom is 0.341 e. The third kappa shape index (κ3) is 3.43. The second-order valence-electron chi connectivity index (χ2n) is 6.47. The van der Waals surface area contributed by atoms with Crippen LogP contribution in [0.2, 0.25) is 0 Å². The Labute approximate surface area is 153 Å². The molecule has 0 aliphatic carbocycles. The van der Waals surface area contributed by atoms with Crippen LogP contribution in [0.15, 0.2) is 42.5 Å². The topological polar surface area (TPSA) is 55.8 Å². The third-order valence-corrected chi connectivity index (χ3v) is 4.89. The minimum absolute atomic E-state index is 0.0835. The van der Waals surface area contributed by atoms with E-state index in [1.807, 2.05) is 35.2 Å². The summed E-state index contributed by atoms with van der Waals surface area (Å²) in [6.07, 6.45) is 2.13. The summed E-state index contributed by atoms with van der Waals surface area (Å²) in [7, 11) is 2.86. The van der Waals surface area contributed by atoms with Crippen molar-refractivity contribution in [1.82, 2.24) is 4.90 Å². The lowest BCUT2D eigenvalue weighted by atomic mass is 10.0. The Morgan fingerprint density at radius 1 is 1.04 bits per heavy atom. The Morgan fingerprint density at radius 2 is 1.73 bits per heavy atom. The molecule has 0 aromatic heterocycles. The number of rotatable bonds is 4. The highest BCUT2D eigenvalue weighted by atomic mass is 16.5. The van der Waals surface area contributed by atoms with Crippen LogP contribution in [0.1, 0.15) is 40.5 Å². The van der Waals surface area contributed by atoms with E-state index in [0.29, 0.717) is 22.9 Å². The normalized spacial score (nSPS) is 16.4. The van der Waals surface area contributed by atoms with Gasteiger partial charge in [0.15, 0.2) is 0 Å². The number of esters is 1. The molecule has 1 heterocycles. The first-order chi connectivity index (χ1) is 12.5. The fraction of sp³-hybridized carbons (Fsp3) is 0.333. The largest absolute Gasteiger partial charge is 0.496 e. The summed E-state index contributed by atoms with van der Waals surface area (Å²) in [6, 6.07) is 13.2. The van der Waals surface area contributed by atoms with Gasteiger partial charge in [-0.05, 0) is 55.2 Å². The molecule has 0 N–H and O–H groups in total. The molecule has 1 aliphatic heterocycles. The van der Waals surface area contributed by atoms with Gasteiger partial charge in [-0.2, -0.15) is 0 Å². The first-order valence-electron chi connectivity index (χ1n) is 8.73. The van der Waals surface area contributed by atoms with E-state index < -0.39 is 5.97 Å². The van der Waals surface area contributed by atoms with Gasteiger partial charge < -0.3 is 14.4 Å². The molecular weight excluding hydrogens is 330 g/mol. The maximum atomic E-state index is 12.6. The number of likely N-dealkylation sites (tertiary alicyclic amines) is 1. The Kier molecular flexibility index (Phi) is 5.26. The number of methoxy groups -OCH3 is 2. The van der Waals surface area contributed by atoms with Gasteiger partial charge in [-0.15, -0.1) is 0 Å². The van der Waals surface area contributed by atoms with Crippen molar-refractivity contribution >= 4 is 11.9 Å². The van der Waals surface area contributed by atoms with Gasteiger partial charge in [0.1, 0.15) is 11.3 Å². The summed E-state index contributed by atoms with van der Waals surface area (Å²) in [6.45, 7) is 2.92. The fourth-order valence-corrected chi connectivity index (χ4v) is 3.36. The van der Waals surface area contributed by atoms with Crippen molar-refractivity contribution in [2.24, 2.45) is 0 Å². The van der Waals surface area contributed by atoms with Gasteiger partial charge in [0.25, 0.3) is 5.91 Å². The van der Waals surface area contributed by atoms with Crippen LogP contribution < -0.4 is 4.74 Å². The van der Waals surface area contributed by atoms with Crippen molar-refractivity contribution in [3.8, 4) is 16.9 Å². The predicted octanol–water partition coefficient (Wildman–Crippen LogP) is 3.77. The summed E-state index contributed by atoms with van der Waals surface area (Å²) in [5.74, 6) is 0.106. The Hall–Kier alpha value is -2.82. The molecule has 2 aromatic carbocycles. The average molecular weight is 353 g/mol. The SMILES string of the molecule is COC(=O)c1ccc(-c2ccc(C(=O)N3CCCC3C)cc2)cc1OC. The molecule has 136 valence electrons. The number of hydrogen-bond donors (Lipinski definition) is 0. The number of nitrogens with zero attached hydrogens (tertiary/aromatic N) is 1. The van der Waals surface area contributed by atoms with Crippen molar-refractivity contribution in [3.05, 3.63) is 53.6 Å². The Bertz CT molecular complexity index is 813. The number of hydrogen-bond acceptors (Lipinski definition) is 4. The minimum atomic E-state index is -0.436. The van der Waals surface area contributed by atoms with Crippen LogP contribution in [0, 0.1) is 0 Å². The van der Waals surface area contributed by atoms with E-state index in [-0.39, 0.29) is 5.91 Å². The quantitative estimate of drug-likeness (QED) is 0.785. The minimum Gasteiger partial charge on any atom is -0.496 e. The molecule has 0 radical (unpaired) electrons. The third-order valence-electron chi connectivity index (χ3n) is 4.89. The van der Waals surface area contributed by atoms with Crippen molar-refractivity contribution in [2.45, 2.75) is 25.8 Å². The van der Waals surface area contributed by atoms with Crippen LogP contribution in [0.5, 0.6) is 5.75 Å². The molecule has 1 saturated heterocycles. The number of ether oxygens (including phenoxy) is 2. The van der Waals surface area contributed by atoms with Gasteiger partial charge in [0.2, 0.25) is 0 Å². The molecule has 2 aromatic rings. The monoisotopic (exact) mass is 353 g/mol. The van der Waals surface area contributed by atoms with Gasteiger partial charge in [-0.3, -0.25) is 4.79 Å². The van der Waals surface area contributed by atoms with Crippen molar-refractivity contribution in [1.29, 1.82) is 0 Å². The summed E-state index contributed by atoms with van der Waals surface area (Å²) in [4.78, 5) is 26.3. The fourth-order valence-electron chi connectivity index (χ4n) is 3.36. The van der Waals surface area contributed by atoms with E-state index in [1.165, 1.54) is 14.2 Å². The van der Waals surface area contributed by atoms with E-state index in [1.54, 1.807) is 12.1 Å². The van der Waals surface area contributed by atoms with Crippen LogP contribution in [-0.4, -0.2) is 43.6 Å². The lowest BCUT2D eigenvalue weighted by molar-refractivity contribution is 0.0596. The predicted molar refractivity (Wildman–Crippen MR) is 99.5 cm³/mol. The van der Waals surface area contributed by atoms with E-state index in [2.05, 4.69) is 6.92 Å². The number of amides is 1. The molecule has 5 heteroatoms. The molecule has 1 aliphatic rings. The lowest BCUT2D eigenvalue weighted by Gasteiger charge is -2.21. The summed E-state index contributed by atoms with van der Waals surface area (Å²) < 4.78 is 10.1. The highest BCUT2D eigenvalue weighted by Gasteiger charge is 2.25. The van der Waals surface area contributed by atoms with Crippen LogP contribution in [0.3, 0.4) is 0 Å². The van der Waals surface area contributed by atoms with Gasteiger partial charge in [-0.25, -0.2) is 4.79 Å². The first-order valence-corrected chi connectivity index (χ1v) is 8.73. The van der Waals surface area contributed by atoms with Crippen molar-refractivity contribution in [2.75, 3.05) is 20.8 Å². The van der Waals surface area contributed by atoms with Gasteiger partial charge in [0, 0.05) is 18.2 Å². The highest BCUT2D eigenvalue weighted by molar-refractivity contribution is 5.95. The van der Waals surface area contributed by atoms with Crippen LogP contribution in [-0.2, 0) is 4.74 Å². The second kappa shape index (κ2) is 7.60. The second-order valence-corrected chi connectivity index (χ2v) is 6.47. The van der Waals surface area contributed by atoms with E-state index >= 15 is 0 Å². The number of carbonyl (C=O) groups excluding carboxylic acids is 2. The summed E-state index contributed by atoms with van der Waals surface area (Å²) in [5, 5.41) is 0.